The summed E-state index contributed by atoms with van der Waals surface area (Å²) in [7, 11) is 1.47. The molecule has 5 rings (SSSR count). The predicted octanol–water partition coefficient (Wildman–Crippen LogP) is 6.62. The van der Waals surface area contributed by atoms with Gasteiger partial charge in [0.1, 0.15) is 0 Å². The van der Waals surface area contributed by atoms with Crippen molar-refractivity contribution in [3.8, 4) is 0 Å². The highest BCUT2D eigenvalue weighted by Crippen LogP contribution is 2.75. The van der Waals surface area contributed by atoms with Crippen molar-refractivity contribution in [2.45, 2.75) is 93.4 Å². The van der Waals surface area contributed by atoms with E-state index >= 15 is 0 Å². The molecule has 0 unspecified atom stereocenters. The van der Waals surface area contributed by atoms with Gasteiger partial charge in [-0.25, -0.2) is 0 Å². The third-order valence-corrected chi connectivity index (χ3v) is 12.9. The maximum atomic E-state index is 14.4. The molecule has 0 bridgehead atoms. The molecule has 7 atom stereocenters. The lowest BCUT2D eigenvalue weighted by molar-refractivity contribution is -0.191. The summed E-state index contributed by atoms with van der Waals surface area (Å²) >= 11 is 6.32. The first kappa shape index (κ1) is 27.8. The lowest BCUT2D eigenvalue weighted by atomic mass is 9.33. The van der Waals surface area contributed by atoms with Gasteiger partial charge in [-0.1, -0.05) is 60.1 Å². The number of hydrogen-bond acceptors (Lipinski definition) is 5. The fourth-order valence-electron chi connectivity index (χ4n) is 10.3. The van der Waals surface area contributed by atoms with E-state index < -0.39 is 33.2 Å². The van der Waals surface area contributed by atoms with Crippen molar-refractivity contribution >= 4 is 34.9 Å². The van der Waals surface area contributed by atoms with Crippen LogP contribution >= 0.6 is 11.6 Å². The Morgan fingerprint density at radius 3 is 2.21 bits per heavy atom. The van der Waals surface area contributed by atoms with E-state index in [-0.39, 0.29) is 40.3 Å². The number of carbonyl (C=O) groups excluding carboxylic acids is 4. The fraction of sp³-hybridized carbons (Fsp3) is 0.750. The van der Waals surface area contributed by atoms with Crippen molar-refractivity contribution in [1.29, 1.82) is 0 Å². The third kappa shape index (κ3) is 3.12. The second kappa shape index (κ2) is 8.15. The van der Waals surface area contributed by atoms with Gasteiger partial charge in [0.15, 0.2) is 5.78 Å². The molecule has 208 valence electrons. The van der Waals surface area contributed by atoms with Crippen LogP contribution in [-0.4, -0.2) is 30.4 Å². The average molecular weight is 543 g/mol. The molecule has 0 N–H and O–H groups in total. The smallest absolute Gasteiger partial charge is 0.312 e. The normalized spacial score (nSPS) is 46.3. The number of allylic oxidation sites excluding steroid dienone is 3. The summed E-state index contributed by atoms with van der Waals surface area (Å²) in [6, 6.07) is 0. The summed E-state index contributed by atoms with van der Waals surface area (Å²) in [5, 5.41) is 0. The molecule has 0 aromatic heterocycles. The molecule has 4 fully saturated rings. The van der Waals surface area contributed by atoms with Crippen LogP contribution in [0.15, 0.2) is 22.8 Å². The van der Waals surface area contributed by atoms with Crippen molar-refractivity contribution < 1.29 is 23.9 Å². The largest absolute Gasteiger partial charge is 0.469 e. The number of ketones is 3. The predicted molar refractivity (Wildman–Crippen MR) is 146 cm³/mol. The molecular weight excluding hydrogens is 500 g/mol. The van der Waals surface area contributed by atoms with E-state index in [0.29, 0.717) is 12.0 Å². The van der Waals surface area contributed by atoms with Crippen LogP contribution < -0.4 is 0 Å². The topological polar surface area (TPSA) is 77.5 Å². The molecule has 38 heavy (non-hydrogen) atoms. The zero-order chi connectivity index (χ0) is 28.3. The second-order valence-corrected chi connectivity index (χ2v) is 15.2. The highest BCUT2D eigenvalue weighted by Gasteiger charge is 2.72. The van der Waals surface area contributed by atoms with Crippen LogP contribution in [0, 0.1) is 50.2 Å². The van der Waals surface area contributed by atoms with Gasteiger partial charge in [0.05, 0.1) is 12.5 Å². The molecule has 5 nitrogen and oxygen atoms in total. The Labute approximate surface area is 232 Å². The summed E-state index contributed by atoms with van der Waals surface area (Å²) in [6.45, 7) is 14.8. The molecule has 0 saturated heterocycles. The number of esters is 1. The van der Waals surface area contributed by atoms with Gasteiger partial charge in [0.25, 0.3) is 0 Å². The summed E-state index contributed by atoms with van der Waals surface area (Å²) in [5.74, 6) is -1.59. The Morgan fingerprint density at radius 1 is 0.974 bits per heavy atom. The Bertz CT molecular complexity index is 1210. The molecule has 5 aliphatic rings. The van der Waals surface area contributed by atoms with Gasteiger partial charge in [-0.05, 0) is 84.7 Å². The monoisotopic (exact) mass is 542 g/mol. The van der Waals surface area contributed by atoms with E-state index in [2.05, 4.69) is 27.7 Å². The van der Waals surface area contributed by atoms with Crippen LogP contribution in [0.2, 0.25) is 0 Å². The van der Waals surface area contributed by atoms with Crippen molar-refractivity contribution in [3.05, 3.63) is 22.8 Å². The van der Waals surface area contributed by atoms with Crippen molar-refractivity contribution in [3.63, 3.8) is 0 Å². The van der Waals surface area contributed by atoms with E-state index in [1.807, 2.05) is 26.8 Å². The first-order valence-electron chi connectivity index (χ1n) is 14.2. The van der Waals surface area contributed by atoms with E-state index in [9.17, 15) is 19.2 Å². The van der Waals surface area contributed by atoms with Gasteiger partial charge >= 0.3 is 5.97 Å². The van der Waals surface area contributed by atoms with Crippen molar-refractivity contribution in [1.82, 2.24) is 0 Å². The fourth-order valence-corrected chi connectivity index (χ4v) is 10.6. The van der Waals surface area contributed by atoms with E-state index in [1.165, 1.54) is 12.6 Å². The molecule has 0 aromatic rings. The first-order chi connectivity index (χ1) is 17.5. The Hall–Kier alpha value is -1.75. The maximum absolute atomic E-state index is 14.4. The quantitative estimate of drug-likeness (QED) is 0.211. The summed E-state index contributed by atoms with van der Waals surface area (Å²) in [5.41, 5.74) is -0.487. The molecule has 6 heteroatoms. The van der Waals surface area contributed by atoms with Gasteiger partial charge in [-0.15, -0.1) is 0 Å². The number of ether oxygens (including phenoxy) is 1. The van der Waals surface area contributed by atoms with Gasteiger partial charge < -0.3 is 4.74 Å². The lowest BCUT2D eigenvalue weighted by Gasteiger charge is -2.69. The minimum absolute atomic E-state index is 0.0317. The Kier molecular flexibility index (Phi) is 5.96. The molecule has 4 saturated carbocycles. The van der Waals surface area contributed by atoms with E-state index in [4.69, 9.17) is 16.3 Å². The molecule has 0 aliphatic heterocycles. The van der Waals surface area contributed by atoms with Gasteiger partial charge in [0, 0.05) is 27.9 Å². The molecular formula is C32H43ClO5. The minimum atomic E-state index is -0.849. The van der Waals surface area contributed by atoms with Crippen LogP contribution in [0.4, 0.5) is 0 Å². The van der Waals surface area contributed by atoms with Crippen LogP contribution in [0.1, 0.15) is 93.4 Å². The summed E-state index contributed by atoms with van der Waals surface area (Å²) in [4.78, 5) is 54.4. The van der Waals surface area contributed by atoms with Crippen LogP contribution in [0.25, 0.3) is 0 Å². The van der Waals surface area contributed by atoms with Gasteiger partial charge in [-0.2, -0.15) is 0 Å². The van der Waals surface area contributed by atoms with Gasteiger partial charge in [-0.3, -0.25) is 19.2 Å². The number of methoxy groups -OCH3 is 1. The Morgan fingerprint density at radius 2 is 1.61 bits per heavy atom. The minimum Gasteiger partial charge on any atom is -0.469 e. The van der Waals surface area contributed by atoms with Crippen LogP contribution in [0.5, 0.6) is 0 Å². The maximum Gasteiger partial charge on any atom is 0.312 e. The molecule has 0 aromatic carbocycles. The molecule has 0 amide bonds. The lowest BCUT2D eigenvalue weighted by Crippen LogP contribution is -2.67. The highest BCUT2D eigenvalue weighted by atomic mass is 35.5. The van der Waals surface area contributed by atoms with E-state index in [1.54, 1.807) is 0 Å². The number of rotatable bonds is 1. The second-order valence-electron chi connectivity index (χ2n) is 15.0. The Balaban J connectivity index is 1.72. The SMILES string of the molecule is COC(=O)[C@]12CCC(C)(C)C[C@H]1[C@H]1C(=O)C=C3[C@@]4(C)/C(=C/Cl)C(=O)C(=O)C(C)(C)[C@@H]4CC[C@@]3(C)[C@]1(C)CC2. The van der Waals surface area contributed by atoms with Crippen molar-refractivity contribution in [2.24, 2.45) is 50.2 Å². The van der Waals surface area contributed by atoms with Crippen LogP contribution in [0.3, 0.4) is 0 Å². The highest BCUT2D eigenvalue weighted by molar-refractivity contribution is 6.48. The molecule has 5 aliphatic carbocycles. The number of halogens is 1. The molecule has 0 spiro atoms. The van der Waals surface area contributed by atoms with Crippen molar-refractivity contribution in [2.75, 3.05) is 7.11 Å². The summed E-state index contributed by atoms with van der Waals surface area (Å²) < 4.78 is 5.40. The third-order valence-electron chi connectivity index (χ3n) is 12.7. The van der Waals surface area contributed by atoms with Gasteiger partial charge in [0.2, 0.25) is 11.6 Å². The zero-order valence-corrected chi connectivity index (χ0v) is 25.0. The standard InChI is InChI=1S/C32H43ClO5/c1-27(2)11-13-32(26(37)38-8)14-12-30(6)23(18(32)16-27)20(34)15-22-29(30,5)10-9-21-28(3,4)25(36)24(35)19(17-33)31(21,22)7/h15,17-18,21,23H,9-14,16H2,1-8H3/b19-17+/t18-,21-,23-,29+,30+,31-,32-/m0/s1. The number of hydrogen-bond donors (Lipinski definition) is 0. The molecule has 0 heterocycles. The van der Waals surface area contributed by atoms with Crippen LogP contribution in [-0.2, 0) is 23.9 Å². The zero-order valence-electron chi connectivity index (χ0n) is 24.3. The average Bonchev–Trinajstić information content (AvgIpc) is 2.83. The first-order valence-corrected chi connectivity index (χ1v) is 14.7. The number of fused-ring (bicyclic) bond motifs is 7. The molecule has 0 radical (unpaired) electrons. The van der Waals surface area contributed by atoms with E-state index in [0.717, 1.165) is 44.1 Å². The summed E-state index contributed by atoms with van der Waals surface area (Å²) in [6.07, 6.45) is 7.32. The number of carbonyl (C=O) groups is 4. The number of Topliss-reactive ketones (excluding diaryl/α,β-unsaturated/α-hetero) is 2.